The molecule has 21 heavy (non-hydrogen) atoms. The Morgan fingerprint density at radius 3 is 2.62 bits per heavy atom. The van der Waals surface area contributed by atoms with Gasteiger partial charge in [0.2, 0.25) is 5.91 Å². The molecule has 0 fully saturated rings. The molecule has 0 unspecified atom stereocenters. The second kappa shape index (κ2) is 6.68. The Balaban J connectivity index is 1.92. The lowest BCUT2D eigenvalue weighted by Gasteiger charge is -2.05. The maximum Gasteiger partial charge on any atom is 0.271 e. The van der Waals surface area contributed by atoms with Gasteiger partial charge >= 0.3 is 0 Å². The molecule has 6 heteroatoms. The first kappa shape index (κ1) is 14.8. The molecule has 1 aromatic carbocycles. The summed E-state index contributed by atoms with van der Waals surface area (Å²) < 4.78 is 0. The van der Waals surface area contributed by atoms with E-state index in [0.717, 1.165) is 11.3 Å². The zero-order valence-corrected chi connectivity index (χ0v) is 12.2. The van der Waals surface area contributed by atoms with Crippen LogP contribution in [-0.4, -0.2) is 16.8 Å². The fourth-order valence-corrected chi connectivity index (χ4v) is 2.23. The van der Waals surface area contributed by atoms with E-state index in [1.807, 2.05) is 12.1 Å². The van der Waals surface area contributed by atoms with Crippen LogP contribution < -0.4 is 10.6 Å². The van der Waals surface area contributed by atoms with E-state index in [4.69, 9.17) is 6.42 Å². The molecule has 0 radical (unpaired) electrons. The molecule has 0 aliphatic heterocycles. The Hall–Kier alpha value is -2.65. The van der Waals surface area contributed by atoms with Crippen LogP contribution in [0.15, 0.2) is 29.6 Å². The number of rotatable bonds is 4. The number of terminal acetylenes is 1. The third kappa shape index (κ3) is 4.16. The molecule has 2 rings (SSSR count). The summed E-state index contributed by atoms with van der Waals surface area (Å²) in [5, 5.41) is 7.56. The highest BCUT2D eigenvalue weighted by molar-refractivity contribution is 7.10. The van der Waals surface area contributed by atoms with Crippen LogP contribution in [-0.2, 0) is 11.3 Å². The van der Waals surface area contributed by atoms with Gasteiger partial charge in [-0.3, -0.25) is 9.59 Å². The highest BCUT2D eigenvalue weighted by atomic mass is 32.1. The van der Waals surface area contributed by atoms with E-state index < -0.39 is 0 Å². The highest BCUT2D eigenvalue weighted by Gasteiger charge is 2.09. The molecule has 0 aliphatic carbocycles. The minimum absolute atomic E-state index is 0.121. The number of carbonyl (C=O) groups is 2. The number of carbonyl (C=O) groups excluding carboxylic acids is 2. The molecule has 2 N–H and O–H groups in total. The summed E-state index contributed by atoms with van der Waals surface area (Å²) in [5.74, 6) is 2.00. The Bertz CT molecular complexity index is 698. The molecule has 0 aliphatic rings. The molecular formula is C15H13N3O2S. The molecule has 2 aromatic rings. The van der Waals surface area contributed by atoms with E-state index in [1.165, 1.54) is 18.3 Å². The third-order valence-electron chi connectivity index (χ3n) is 2.59. The number of nitrogens with one attached hydrogen (secondary N) is 2. The van der Waals surface area contributed by atoms with Gasteiger partial charge in [-0.05, 0) is 23.6 Å². The molecule has 0 spiro atoms. The normalized spacial score (nSPS) is 9.71. The fraction of sp³-hybridized carbons (Fsp3) is 0.133. The van der Waals surface area contributed by atoms with Crippen molar-refractivity contribution in [3.05, 3.63) is 45.9 Å². The SMILES string of the molecule is C#Cc1nc(C(=O)NCc2ccc(NC(C)=O)cc2)cs1. The van der Waals surface area contributed by atoms with Crippen LogP contribution in [0.3, 0.4) is 0 Å². The second-order valence-electron chi connectivity index (χ2n) is 4.24. The van der Waals surface area contributed by atoms with Gasteiger partial charge < -0.3 is 10.6 Å². The van der Waals surface area contributed by atoms with Gasteiger partial charge in [-0.1, -0.05) is 12.1 Å². The maximum atomic E-state index is 11.9. The van der Waals surface area contributed by atoms with Crippen LogP contribution >= 0.6 is 11.3 Å². The number of benzene rings is 1. The van der Waals surface area contributed by atoms with Crippen LogP contribution in [0, 0.1) is 12.3 Å². The second-order valence-corrected chi connectivity index (χ2v) is 5.10. The first-order valence-corrected chi connectivity index (χ1v) is 7.03. The number of hydrogen-bond donors (Lipinski definition) is 2. The number of aromatic nitrogens is 1. The van der Waals surface area contributed by atoms with Crippen molar-refractivity contribution < 1.29 is 9.59 Å². The molecule has 106 valence electrons. The molecule has 0 saturated heterocycles. The van der Waals surface area contributed by atoms with E-state index >= 15 is 0 Å². The Kier molecular flexibility index (Phi) is 4.69. The van der Waals surface area contributed by atoms with Crippen LogP contribution in [0.5, 0.6) is 0 Å². The summed E-state index contributed by atoms with van der Waals surface area (Å²) in [7, 11) is 0. The third-order valence-corrected chi connectivity index (χ3v) is 3.36. The van der Waals surface area contributed by atoms with Gasteiger partial charge in [0.25, 0.3) is 5.91 Å². The zero-order chi connectivity index (χ0) is 15.2. The minimum atomic E-state index is -0.265. The quantitative estimate of drug-likeness (QED) is 0.848. The van der Waals surface area contributed by atoms with Gasteiger partial charge in [0.05, 0.1) is 0 Å². The molecule has 1 heterocycles. The highest BCUT2D eigenvalue weighted by Crippen LogP contribution is 2.11. The van der Waals surface area contributed by atoms with Crippen molar-refractivity contribution in [3.63, 3.8) is 0 Å². The van der Waals surface area contributed by atoms with Crippen LogP contribution in [0.2, 0.25) is 0 Å². The predicted octanol–water partition coefficient (Wildman–Crippen LogP) is 2.01. The Morgan fingerprint density at radius 1 is 1.33 bits per heavy atom. The van der Waals surface area contributed by atoms with Gasteiger partial charge in [-0.15, -0.1) is 17.8 Å². The van der Waals surface area contributed by atoms with Crippen molar-refractivity contribution in [2.75, 3.05) is 5.32 Å². The van der Waals surface area contributed by atoms with E-state index in [-0.39, 0.29) is 11.8 Å². The van der Waals surface area contributed by atoms with E-state index in [9.17, 15) is 9.59 Å². The van der Waals surface area contributed by atoms with Gasteiger partial charge in [0, 0.05) is 24.5 Å². The topological polar surface area (TPSA) is 71.1 Å². The van der Waals surface area contributed by atoms with Crippen molar-refractivity contribution in [2.24, 2.45) is 0 Å². The summed E-state index contributed by atoms with van der Waals surface area (Å²) >= 11 is 1.26. The van der Waals surface area contributed by atoms with Crippen molar-refractivity contribution in [3.8, 4) is 12.3 Å². The molecule has 2 amide bonds. The zero-order valence-electron chi connectivity index (χ0n) is 11.3. The fourth-order valence-electron chi connectivity index (χ4n) is 1.63. The summed E-state index contributed by atoms with van der Waals surface area (Å²) in [6.07, 6.45) is 5.21. The van der Waals surface area contributed by atoms with Gasteiger partial charge in [0.1, 0.15) is 5.69 Å². The first-order valence-electron chi connectivity index (χ1n) is 6.15. The smallest absolute Gasteiger partial charge is 0.271 e. The van der Waals surface area contributed by atoms with E-state index in [1.54, 1.807) is 17.5 Å². The van der Waals surface area contributed by atoms with Gasteiger partial charge in [-0.2, -0.15) is 0 Å². The minimum Gasteiger partial charge on any atom is -0.347 e. The molecule has 0 atom stereocenters. The average molecular weight is 299 g/mol. The summed E-state index contributed by atoms with van der Waals surface area (Å²) in [4.78, 5) is 26.8. The lowest BCUT2D eigenvalue weighted by molar-refractivity contribution is -0.114. The van der Waals surface area contributed by atoms with Crippen molar-refractivity contribution in [1.29, 1.82) is 0 Å². The summed E-state index contributed by atoms with van der Waals surface area (Å²) in [6, 6.07) is 7.23. The number of anilines is 1. The number of nitrogens with zero attached hydrogens (tertiary/aromatic N) is 1. The summed E-state index contributed by atoms with van der Waals surface area (Å²) in [6.45, 7) is 1.83. The molecule has 1 aromatic heterocycles. The van der Waals surface area contributed by atoms with Crippen LogP contribution in [0.1, 0.15) is 28.0 Å². The van der Waals surface area contributed by atoms with Crippen molar-refractivity contribution in [1.82, 2.24) is 10.3 Å². The first-order chi connectivity index (χ1) is 10.1. The van der Waals surface area contributed by atoms with Crippen molar-refractivity contribution in [2.45, 2.75) is 13.5 Å². The molecular weight excluding hydrogens is 286 g/mol. The number of thiazole rings is 1. The van der Waals surface area contributed by atoms with E-state index in [2.05, 4.69) is 21.5 Å². The molecule has 5 nitrogen and oxygen atoms in total. The van der Waals surface area contributed by atoms with Crippen LogP contribution in [0.25, 0.3) is 0 Å². The maximum absolute atomic E-state index is 11.9. The van der Waals surface area contributed by atoms with Gasteiger partial charge in [-0.25, -0.2) is 4.98 Å². The van der Waals surface area contributed by atoms with E-state index in [0.29, 0.717) is 17.2 Å². The number of hydrogen-bond acceptors (Lipinski definition) is 4. The average Bonchev–Trinajstić information content (AvgIpc) is 2.94. The predicted molar refractivity (Wildman–Crippen MR) is 82.0 cm³/mol. The standard InChI is InChI=1S/C15H13N3O2S/c1-3-14-18-13(9-21-14)15(20)16-8-11-4-6-12(7-5-11)17-10(2)19/h1,4-7,9H,8H2,2H3,(H,16,20)(H,17,19). The largest absolute Gasteiger partial charge is 0.347 e. The summed E-state index contributed by atoms with van der Waals surface area (Å²) in [5.41, 5.74) is 1.96. The van der Waals surface area contributed by atoms with Gasteiger partial charge in [0.15, 0.2) is 5.01 Å². The molecule has 0 bridgehead atoms. The Labute approximate surface area is 126 Å². The lowest BCUT2D eigenvalue weighted by atomic mass is 10.2. The monoisotopic (exact) mass is 299 g/mol. The van der Waals surface area contributed by atoms with Crippen LogP contribution in [0.4, 0.5) is 5.69 Å². The number of amides is 2. The lowest BCUT2D eigenvalue weighted by Crippen LogP contribution is -2.23. The van der Waals surface area contributed by atoms with Crippen molar-refractivity contribution >= 4 is 28.8 Å². The Morgan fingerprint density at radius 2 is 2.05 bits per heavy atom. The molecule has 0 saturated carbocycles.